The highest BCUT2D eigenvalue weighted by molar-refractivity contribution is 7.89. The molecule has 0 radical (unpaired) electrons. The van der Waals surface area contributed by atoms with Crippen molar-refractivity contribution in [2.75, 3.05) is 19.6 Å². The van der Waals surface area contributed by atoms with Crippen molar-refractivity contribution in [1.82, 2.24) is 14.6 Å². The quantitative estimate of drug-likeness (QED) is 0.757. The average Bonchev–Trinajstić information content (AvgIpc) is 2.43. The molecule has 1 unspecified atom stereocenters. The van der Waals surface area contributed by atoms with Gasteiger partial charge in [0.1, 0.15) is 0 Å². The van der Waals surface area contributed by atoms with Gasteiger partial charge in [-0.15, -0.1) is 0 Å². The highest BCUT2D eigenvalue weighted by Crippen LogP contribution is 2.11. The third-order valence-corrected chi connectivity index (χ3v) is 4.86. The molecule has 0 aliphatic heterocycles. The summed E-state index contributed by atoms with van der Waals surface area (Å²) >= 11 is 0. The summed E-state index contributed by atoms with van der Waals surface area (Å²) in [6.07, 6.45) is 2.85. The van der Waals surface area contributed by atoms with Crippen molar-refractivity contribution in [3.8, 4) is 0 Å². The van der Waals surface area contributed by atoms with E-state index in [0.717, 1.165) is 32.1 Å². The lowest BCUT2D eigenvalue weighted by Gasteiger charge is -2.19. The standard InChI is InChI=1S/C14H24FN3O2S/c1-4-18(5-2)11-7-8-12(3)17-21(19,20)14-13(15)9-6-10-16-14/h6,9-10,12,17H,4-5,7-8,11H2,1-3H3. The topological polar surface area (TPSA) is 62.3 Å². The molecule has 120 valence electrons. The molecular formula is C14H24FN3O2S. The van der Waals surface area contributed by atoms with E-state index in [4.69, 9.17) is 0 Å². The summed E-state index contributed by atoms with van der Waals surface area (Å²) in [7, 11) is -3.90. The van der Waals surface area contributed by atoms with E-state index in [9.17, 15) is 12.8 Å². The Bertz CT molecular complexity index is 533. The molecule has 0 bridgehead atoms. The van der Waals surface area contributed by atoms with Crippen LogP contribution in [0.4, 0.5) is 4.39 Å². The predicted octanol–water partition coefficient (Wildman–Crippen LogP) is 2.01. The summed E-state index contributed by atoms with van der Waals surface area (Å²) in [5.41, 5.74) is 0. The summed E-state index contributed by atoms with van der Waals surface area (Å²) in [5, 5.41) is -0.541. The maximum Gasteiger partial charge on any atom is 0.261 e. The van der Waals surface area contributed by atoms with E-state index in [1.54, 1.807) is 6.92 Å². The Balaban J connectivity index is 2.54. The largest absolute Gasteiger partial charge is 0.304 e. The molecule has 0 saturated carbocycles. The van der Waals surface area contributed by atoms with Crippen LogP contribution in [-0.4, -0.2) is 44.0 Å². The minimum absolute atomic E-state index is 0.257. The minimum Gasteiger partial charge on any atom is -0.304 e. The predicted molar refractivity (Wildman–Crippen MR) is 81.0 cm³/mol. The van der Waals surface area contributed by atoms with E-state index < -0.39 is 20.9 Å². The van der Waals surface area contributed by atoms with Gasteiger partial charge in [0.2, 0.25) is 5.03 Å². The SMILES string of the molecule is CCN(CC)CCCC(C)NS(=O)(=O)c1ncccc1F. The molecule has 0 aliphatic carbocycles. The first-order chi connectivity index (χ1) is 9.90. The van der Waals surface area contributed by atoms with Gasteiger partial charge in [-0.1, -0.05) is 13.8 Å². The lowest BCUT2D eigenvalue weighted by atomic mass is 10.2. The maximum absolute atomic E-state index is 13.5. The van der Waals surface area contributed by atoms with Crippen LogP contribution in [0.5, 0.6) is 0 Å². The van der Waals surface area contributed by atoms with Gasteiger partial charge >= 0.3 is 0 Å². The molecule has 1 aromatic heterocycles. The summed E-state index contributed by atoms with van der Waals surface area (Å²) in [6, 6.07) is 2.20. The third kappa shape index (κ3) is 5.68. The summed E-state index contributed by atoms with van der Waals surface area (Å²) in [5.74, 6) is -0.833. The Hall–Kier alpha value is -1.05. The molecule has 7 heteroatoms. The van der Waals surface area contributed by atoms with Gasteiger partial charge in [-0.2, -0.15) is 0 Å². The number of halogens is 1. The van der Waals surface area contributed by atoms with Crippen molar-refractivity contribution < 1.29 is 12.8 Å². The molecule has 0 fully saturated rings. The Morgan fingerprint density at radius 3 is 2.62 bits per heavy atom. The summed E-state index contributed by atoms with van der Waals surface area (Å²) < 4.78 is 40.1. The second-order valence-electron chi connectivity index (χ2n) is 4.98. The second-order valence-corrected chi connectivity index (χ2v) is 6.61. The fraction of sp³-hybridized carbons (Fsp3) is 0.643. The number of sulfonamides is 1. The van der Waals surface area contributed by atoms with Crippen molar-refractivity contribution in [3.63, 3.8) is 0 Å². The Morgan fingerprint density at radius 2 is 2.05 bits per heavy atom. The van der Waals surface area contributed by atoms with E-state index in [1.807, 2.05) is 0 Å². The molecule has 1 aromatic rings. The van der Waals surface area contributed by atoms with Crippen LogP contribution in [-0.2, 0) is 10.0 Å². The zero-order chi connectivity index (χ0) is 15.9. The van der Waals surface area contributed by atoms with Gasteiger partial charge in [0, 0.05) is 12.2 Å². The molecule has 21 heavy (non-hydrogen) atoms. The molecule has 0 amide bonds. The zero-order valence-corrected chi connectivity index (χ0v) is 13.7. The highest BCUT2D eigenvalue weighted by Gasteiger charge is 2.22. The highest BCUT2D eigenvalue weighted by atomic mass is 32.2. The molecule has 1 N–H and O–H groups in total. The maximum atomic E-state index is 13.5. The normalized spacial score (nSPS) is 13.6. The fourth-order valence-corrected chi connectivity index (χ4v) is 3.39. The van der Waals surface area contributed by atoms with Crippen LogP contribution in [0.2, 0.25) is 0 Å². The van der Waals surface area contributed by atoms with Gasteiger partial charge in [-0.3, -0.25) is 0 Å². The molecule has 1 heterocycles. The van der Waals surface area contributed by atoms with Gasteiger partial charge in [0.05, 0.1) is 0 Å². The number of rotatable bonds is 9. The molecule has 0 spiro atoms. The number of hydrogen-bond acceptors (Lipinski definition) is 4. The van der Waals surface area contributed by atoms with Gasteiger partial charge in [0.25, 0.3) is 10.0 Å². The Morgan fingerprint density at radius 1 is 1.38 bits per heavy atom. The van der Waals surface area contributed by atoms with Crippen molar-refractivity contribution in [1.29, 1.82) is 0 Å². The fourth-order valence-electron chi connectivity index (χ4n) is 2.11. The van der Waals surface area contributed by atoms with Crippen molar-refractivity contribution in [3.05, 3.63) is 24.1 Å². The number of pyridine rings is 1. The smallest absolute Gasteiger partial charge is 0.261 e. The summed E-state index contributed by atoms with van der Waals surface area (Å²) in [4.78, 5) is 5.88. The number of nitrogens with zero attached hydrogens (tertiary/aromatic N) is 2. The van der Waals surface area contributed by atoms with Crippen LogP contribution < -0.4 is 4.72 Å². The van der Waals surface area contributed by atoms with Gasteiger partial charge in [-0.25, -0.2) is 22.5 Å². The first-order valence-electron chi connectivity index (χ1n) is 7.25. The average molecular weight is 317 g/mol. The molecule has 0 saturated heterocycles. The van der Waals surface area contributed by atoms with E-state index >= 15 is 0 Å². The third-order valence-electron chi connectivity index (χ3n) is 3.34. The molecule has 0 aromatic carbocycles. The lowest BCUT2D eigenvalue weighted by molar-refractivity contribution is 0.293. The van der Waals surface area contributed by atoms with Crippen molar-refractivity contribution in [2.45, 2.75) is 44.7 Å². The van der Waals surface area contributed by atoms with Crippen molar-refractivity contribution in [2.24, 2.45) is 0 Å². The molecular weight excluding hydrogens is 293 g/mol. The van der Waals surface area contributed by atoms with E-state index in [-0.39, 0.29) is 6.04 Å². The van der Waals surface area contributed by atoms with Crippen molar-refractivity contribution >= 4 is 10.0 Å². The lowest BCUT2D eigenvalue weighted by Crippen LogP contribution is -2.34. The Labute approximate surface area is 126 Å². The van der Waals surface area contributed by atoms with Crippen LogP contribution in [0.15, 0.2) is 23.4 Å². The molecule has 1 atom stereocenters. The van der Waals surface area contributed by atoms with Crippen LogP contribution in [0.25, 0.3) is 0 Å². The van der Waals surface area contributed by atoms with Crippen LogP contribution in [0.3, 0.4) is 0 Å². The second kappa shape index (κ2) is 8.41. The van der Waals surface area contributed by atoms with E-state index in [0.29, 0.717) is 6.42 Å². The molecule has 5 nitrogen and oxygen atoms in total. The first-order valence-corrected chi connectivity index (χ1v) is 8.74. The number of hydrogen-bond donors (Lipinski definition) is 1. The van der Waals surface area contributed by atoms with Crippen LogP contribution >= 0.6 is 0 Å². The van der Waals surface area contributed by atoms with Crippen LogP contribution in [0, 0.1) is 5.82 Å². The van der Waals surface area contributed by atoms with Gasteiger partial charge in [0.15, 0.2) is 5.82 Å². The monoisotopic (exact) mass is 317 g/mol. The van der Waals surface area contributed by atoms with E-state index in [1.165, 1.54) is 12.3 Å². The van der Waals surface area contributed by atoms with Gasteiger partial charge in [-0.05, 0) is 51.5 Å². The zero-order valence-electron chi connectivity index (χ0n) is 12.8. The molecule has 0 aliphatic rings. The molecule has 1 rings (SSSR count). The first kappa shape index (κ1) is 18.0. The van der Waals surface area contributed by atoms with E-state index in [2.05, 4.69) is 28.5 Å². The van der Waals surface area contributed by atoms with Crippen LogP contribution in [0.1, 0.15) is 33.6 Å². The Kier molecular flexibility index (Phi) is 7.21. The number of aromatic nitrogens is 1. The summed E-state index contributed by atoms with van der Waals surface area (Å²) in [6.45, 7) is 8.86. The number of nitrogens with one attached hydrogen (secondary N) is 1. The minimum atomic E-state index is -3.90. The van der Waals surface area contributed by atoms with Gasteiger partial charge < -0.3 is 4.90 Å².